The molecule has 98 valence electrons. The molecule has 0 unspecified atom stereocenters. The standard InChI is InChI=1S/C12H13N5O2/c13-9-3-1-8(2-4-9)12(19)14-7-11(18)16-10-5-6-15-17-10/h1-6H,7,13H2,(H,14,19)(H2,15,16,17,18). The van der Waals surface area contributed by atoms with Crippen LogP contribution in [0.1, 0.15) is 10.4 Å². The highest BCUT2D eigenvalue weighted by molar-refractivity contribution is 5.99. The van der Waals surface area contributed by atoms with E-state index in [-0.39, 0.29) is 18.4 Å². The predicted octanol–water partition coefficient (Wildman–Crippen LogP) is 0.360. The molecule has 2 aromatic rings. The number of rotatable bonds is 4. The first-order chi connectivity index (χ1) is 9.15. The molecule has 0 aliphatic heterocycles. The lowest BCUT2D eigenvalue weighted by Gasteiger charge is -2.05. The molecule has 19 heavy (non-hydrogen) atoms. The largest absolute Gasteiger partial charge is 0.399 e. The van der Waals surface area contributed by atoms with Crippen molar-refractivity contribution < 1.29 is 9.59 Å². The second-order valence-corrected chi connectivity index (χ2v) is 3.82. The number of hydrogen-bond donors (Lipinski definition) is 4. The van der Waals surface area contributed by atoms with Gasteiger partial charge in [-0.05, 0) is 24.3 Å². The molecular weight excluding hydrogens is 246 g/mol. The van der Waals surface area contributed by atoms with Crippen LogP contribution in [0.5, 0.6) is 0 Å². The molecule has 7 heteroatoms. The van der Waals surface area contributed by atoms with Crippen molar-refractivity contribution in [2.24, 2.45) is 0 Å². The summed E-state index contributed by atoms with van der Waals surface area (Å²) in [4.78, 5) is 23.2. The number of nitrogens with two attached hydrogens (primary N) is 1. The highest BCUT2D eigenvalue weighted by Gasteiger charge is 2.08. The normalized spacial score (nSPS) is 9.89. The molecule has 0 spiro atoms. The van der Waals surface area contributed by atoms with Crippen molar-refractivity contribution in [2.75, 3.05) is 17.6 Å². The van der Waals surface area contributed by atoms with E-state index in [2.05, 4.69) is 20.8 Å². The summed E-state index contributed by atoms with van der Waals surface area (Å²) in [6, 6.07) is 8.05. The van der Waals surface area contributed by atoms with Gasteiger partial charge in [0.2, 0.25) is 5.91 Å². The lowest BCUT2D eigenvalue weighted by atomic mass is 10.2. The summed E-state index contributed by atoms with van der Waals surface area (Å²) in [5.41, 5.74) is 6.54. The van der Waals surface area contributed by atoms with E-state index in [1.165, 1.54) is 6.20 Å². The first-order valence-electron chi connectivity index (χ1n) is 5.58. The summed E-state index contributed by atoms with van der Waals surface area (Å²) in [5.74, 6) is -0.195. The van der Waals surface area contributed by atoms with E-state index >= 15 is 0 Å². The molecule has 0 saturated carbocycles. The van der Waals surface area contributed by atoms with Crippen LogP contribution in [0.3, 0.4) is 0 Å². The number of nitrogens with one attached hydrogen (secondary N) is 3. The Hall–Kier alpha value is -2.83. The van der Waals surface area contributed by atoms with Crippen LogP contribution in [0.15, 0.2) is 36.5 Å². The number of nitrogen functional groups attached to an aromatic ring is 1. The van der Waals surface area contributed by atoms with E-state index in [4.69, 9.17) is 5.73 Å². The van der Waals surface area contributed by atoms with Gasteiger partial charge in [-0.3, -0.25) is 14.7 Å². The third-order valence-corrected chi connectivity index (χ3v) is 2.36. The molecule has 0 radical (unpaired) electrons. The van der Waals surface area contributed by atoms with Gasteiger partial charge in [-0.25, -0.2) is 0 Å². The number of hydrogen-bond acceptors (Lipinski definition) is 4. The van der Waals surface area contributed by atoms with Crippen LogP contribution in [-0.2, 0) is 4.79 Å². The van der Waals surface area contributed by atoms with E-state index < -0.39 is 0 Å². The summed E-state index contributed by atoms with van der Waals surface area (Å²) in [6.07, 6.45) is 1.52. The summed E-state index contributed by atoms with van der Waals surface area (Å²) in [6.45, 7) is -0.123. The molecule has 0 atom stereocenters. The minimum Gasteiger partial charge on any atom is -0.399 e. The fourth-order valence-corrected chi connectivity index (χ4v) is 1.42. The van der Waals surface area contributed by atoms with Gasteiger partial charge in [-0.2, -0.15) is 5.10 Å². The Morgan fingerprint density at radius 1 is 1.21 bits per heavy atom. The van der Waals surface area contributed by atoms with Crippen molar-refractivity contribution in [3.05, 3.63) is 42.1 Å². The zero-order chi connectivity index (χ0) is 13.7. The quantitative estimate of drug-likeness (QED) is 0.594. The summed E-state index contributed by atoms with van der Waals surface area (Å²) < 4.78 is 0. The van der Waals surface area contributed by atoms with Crippen molar-refractivity contribution in [3.8, 4) is 0 Å². The Labute approximate surface area is 109 Å². The first-order valence-corrected chi connectivity index (χ1v) is 5.58. The molecular formula is C12H13N5O2. The Bertz CT molecular complexity index is 562. The number of H-pyrrole nitrogens is 1. The molecule has 0 saturated heterocycles. The van der Waals surface area contributed by atoms with E-state index in [1.54, 1.807) is 30.3 Å². The minimum atomic E-state index is -0.340. The smallest absolute Gasteiger partial charge is 0.251 e. The third-order valence-electron chi connectivity index (χ3n) is 2.36. The van der Waals surface area contributed by atoms with Gasteiger partial charge in [0.05, 0.1) is 12.7 Å². The number of carbonyl (C=O) groups excluding carboxylic acids is 2. The third kappa shape index (κ3) is 3.56. The fourth-order valence-electron chi connectivity index (χ4n) is 1.42. The maximum absolute atomic E-state index is 11.7. The highest BCUT2D eigenvalue weighted by atomic mass is 16.2. The number of aromatic amines is 1. The van der Waals surface area contributed by atoms with Crippen LogP contribution in [0.2, 0.25) is 0 Å². The van der Waals surface area contributed by atoms with E-state index in [9.17, 15) is 9.59 Å². The second kappa shape index (κ2) is 5.67. The molecule has 2 amide bonds. The number of anilines is 2. The van der Waals surface area contributed by atoms with Gasteiger partial charge >= 0.3 is 0 Å². The molecule has 1 aromatic carbocycles. The second-order valence-electron chi connectivity index (χ2n) is 3.82. The van der Waals surface area contributed by atoms with Gasteiger partial charge in [-0.15, -0.1) is 0 Å². The molecule has 0 aliphatic carbocycles. The van der Waals surface area contributed by atoms with Gasteiger partial charge in [0, 0.05) is 17.3 Å². The average molecular weight is 259 g/mol. The van der Waals surface area contributed by atoms with Gasteiger partial charge in [0.25, 0.3) is 5.91 Å². The van der Waals surface area contributed by atoms with Gasteiger partial charge in [0.1, 0.15) is 5.82 Å². The first kappa shape index (κ1) is 12.6. The molecule has 0 aliphatic rings. The summed E-state index contributed by atoms with van der Waals surface area (Å²) in [5, 5.41) is 11.3. The van der Waals surface area contributed by atoms with Crippen molar-refractivity contribution in [1.29, 1.82) is 0 Å². The molecule has 0 fully saturated rings. The van der Waals surface area contributed by atoms with Crippen molar-refractivity contribution in [2.45, 2.75) is 0 Å². The van der Waals surface area contributed by atoms with Crippen molar-refractivity contribution >= 4 is 23.3 Å². The van der Waals surface area contributed by atoms with Crippen LogP contribution in [-0.4, -0.2) is 28.6 Å². The molecule has 1 aromatic heterocycles. The Morgan fingerprint density at radius 3 is 2.58 bits per heavy atom. The van der Waals surface area contributed by atoms with E-state index in [1.807, 2.05) is 0 Å². The maximum Gasteiger partial charge on any atom is 0.251 e. The Kier molecular flexibility index (Phi) is 3.77. The van der Waals surface area contributed by atoms with Crippen LogP contribution in [0, 0.1) is 0 Å². The van der Waals surface area contributed by atoms with Crippen molar-refractivity contribution in [3.63, 3.8) is 0 Å². The van der Waals surface area contributed by atoms with Crippen LogP contribution in [0.25, 0.3) is 0 Å². The van der Waals surface area contributed by atoms with Crippen LogP contribution < -0.4 is 16.4 Å². The van der Waals surface area contributed by atoms with E-state index in [0.29, 0.717) is 17.1 Å². The number of aromatic nitrogens is 2. The highest BCUT2D eigenvalue weighted by Crippen LogP contribution is 2.05. The van der Waals surface area contributed by atoms with Crippen molar-refractivity contribution in [1.82, 2.24) is 15.5 Å². The summed E-state index contributed by atoms with van der Waals surface area (Å²) >= 11 is 0. The lowest BCUT2D eigenvalue weighted by molar-refractivity contribution is -0.115. The SMILES string of the molecule is Nc1ccc(C(=O)NCC(=O)Nc2ccn[nH]2)cc1. The maximum atomic E-state index is 11.7. The van der Waals surface area contributed by atoms with Gasteiger partial charge < -0.3 is 16.4 Å². The van der Waals surface area contributed by atoms with Crippen LogP contribution in [0.4, 0.5) is 11.5 Å². The number of nitrogens with zero attached hydrogens (tertiary/aromatic N) is 1. The minimum absolute atomic E-state index is 0.123. The van der Waals surface area contributed by atoms with Crippen LogP contribution >= 0.6 is 0 Å². The molecule has 5 N–H and O–H groups in total. The molecule has 2 rings (SSSR count). The number of carbonyl (C=O) groups is 2. The van der Waals surface area contributed by atoms with Gasteiger partial charge in [0.15, 0.2) is 0 Å². The lowest BCUT2D eigenvalue weighted by Crippen LogP contribution is -2.32. The Balaban J connectivity index is 1.83. The molecule has 1 heterocycles. The zero-order valence-electron chi connectivity index (χ0n) is 10.0. The number of amides is 2. The monoisotopic (exact) mass is 259 g/mol. The van der Waals surface area contributed by atoms with Gasteiger partial charge in [-0.1, -0.05) is 0 Å². The fraction of sp³-hybridized carbons (Fsp3) is 0.0833. The molecule has 0 bridgehead atoms. The van der Waals surface area contributed by atoms with E-state index in [0.717, 1.165) is 0 Å². The topological polar surface area (TPSA) is 113 Å². The number of benzene rings is 1. The summed E-state index contributed by atoms with van der Waals surface area (Å²) in [7, 11) is 0. The zero-order valence-corrected chi connectivity index (χ0v) is 10.0. The Morgan fingerprint density at radius 2 is 1.95 bits per heavy atom. The predicted molar refractivity (Wildman–Crippen MR) is 70.4 cm³/mol. The molecule has 7 nitrogen and oxygen atoms in total. The average Bonchev–Trinajstić information content (AvgIpc) is 2.89.